The highest BCUT2D eigenvalue weighted by Gasteiger charge is 2.09. The molecule has 5 nitrogen and oxygen atoms in total. The molecule has 0 fully saturated rings. The van der Waals surface area contributed by atoms with Gasteiger partial charge in [-0.3, -0.25) is 9.59 Å². The van der Waals surface area contributed by atoms with Gasteiger partial charge in [0.05, 0.1) is 0 Å². The summed E-state index contributed by atoms with van der Waals surface area (Å²) in [4.78, 5) is 22.3. The van der Waals surface area contributed by atoms with Crippen LogP contribution < -0.4 is 10.9 Å². The number of hydrogen-bond donors (Lipinski definition) is 2. The van der Waals surface area contributed by atoms with E-state index in [-0.39, 0.29) is 17.2 Å². The topological polar surface area (TPSA) is 74.8 Å². The van der Waals surface area contributed by atoms with Crippen molar-refractivity contribution in [1.29, 1.82) is 0 Å². The van der Waals surface area contributed by atoms with E-state index in [9.17, 15) is 9.59 Å². The Morgan fingerprint density at radius 1 is 1.44 bits per heavy atom. The lowest BCUT2D eigenvalue weighted by molar-refractivity contribution is 0.0940. The zero-order valence-electron chi connectivity index (χ0n) is 9.62. The van der Waals surface area contributed by atoms with Crippen LogP contribution in [0.25, 0.3) is 0 Å². The molecule has 1 rings (SSSR count). The smallest absolute Gasteiger partial charge is 0.271 e. The van der Waals surface area contributed by atoms with E-state index in [4.69, 9.17) is 0 Å². The first-order valence-electron chi connectivity index (χ1n) is 5.51. The minimum absolute atomic E-state index is 0.241. The standard InChI is InChI=1S/C11H17N3O2/c1-3-8(4-2)7-12-11(16)9-5-6-10(15)14-13-9/h5-6,8H,3-4,7H2,1-2H3,(H,12,16)(H,14,15). The van der Waals surface area contributed by atoms with Gasteiger partial charge in [-0.15, -0.1) is 0 Å². The summed E-state index contributed by atoms with van der Waals surface area (Å²) in [6.07, 6.45) is 2.08. The maximum absolute atomic E-state index is 11.6. The third-order valence-electron chi connectivity index (χ3n) is 2.62. The molecule has 0 saturated heterocycles. The highest BCUT2D eigenvalue weighted by Crippen LogP contribution is 2.05. The average molecular weight is 223 g/mol. The Bertz CT molecular complexity index is 376. The predicted molar refractivity (Wildman–Crippen MR) is 61.3 cm³/mol. The van der Waals surface area contributed by atoms with E-state index in [0.29, 0.717) is 12.5 Å². The first-order valence-corrected chi connectivity index (χ1v) is 5.51. The van der Waals surface area contributed by atoms with E-state index in [0.717, 1.165) is 12.8 Å². The molecule has 88 valence electrons. The fraction of sp³-hybridized carbons (Fsp3) is 0.545. The molecular formula is C11H17N3O2. The molecule has 2 N–H and O–H groups in total. The van der Waals surface area contributed by atoms with E-state index in [1.165, 1.54) is 12.1 Å². The van der Waals surface area contributed by atoms with E-state index in [2.05, 4.69) is 29.4 Å². The minimum Gasteiger partial charge on any atom is -0.350 e. The molecule has 0 spiro atoms. The number of nitrogens with zero attached hydrogens (tertiary/aromatic N) is 1. The van der Waals surface area contributed by atoms with E-state index in [1.54, 1.807) is 0 Å². The van der Waals surface area contributed by atoms with Crippen LogP contribution in [-0.4, -0.2) is 22.6 Å². The van der Waals surface area contributed by atoms with E-state index >= 15 is 0 Å². The van der Waals surface area contributed by atoms with Crippen molar-refractivity contribution < 1.29 is 4.79 Å². The first-order chi connectivity index (χ1) is 7.67. The SMILES string of the molecule is CCC(CC)CNC(=O)c1ccc(=O)[nH]n1. The van der Waals surface area contributed by atoms with Crippen LogP contribution in [0.1, 0.15) is 37.2 Å². The van der Waals surface area contributed by atoms with Crippen LogP contribution in [0, 0.1) is 5.92 Å². The summed E-state index contributed by atoms with van der Waals surface area (Å²) in [6.45, 7) is 4.84. The lowest BCUT2D eigenvalue weighted by Gasteiger charge is -2.12. The van der Waals surface area contributed by atoms with Gasteiger partial charge in [0.1, 0.15) is 5.69 Å². The van der Waals surface area contributed by atoms with Gasteiger partial charge in [0.25, 0.3) is 11.5 Å². The molecule has 0 radical (unpaired) electrons. The number of rotatable bonds is 5. The van der Waals surface area contributed by atoms with Gasteiger partial charge in [0, 0.05) is 12.6 Å². The normalized spacial score (nSPS) is 10.4. The van der Waals surface area contributed by atoms with Crippen LogP contribution >= 0.6 is 0 Å². The second-order valence-electron chi connectivity index (χ2n) is 3.70. The first kappa shape index (κ1) is 12.4. The zero-order chi connectivity index (χ0) is 12.0. The maximum Gasteiger partial charge on any atom is 0.271 e. The molecule has 1 amide bonds. The van der Waals surface area contributed by atoms with Crippen molar-refractivity contribution >= 4 is 5.91 Å². The van der Waals surface area contributed by atoms with E-state index < -0.39 is 0 Å². The van der Waals surface area contributed by atoms with Crippen LogP contribution in [0.4, 0.5) is 0 Å². The van der Waals surface area contributed by atoms with Gasteiger partial charge in [-0.05, 0) is 12.0 Å². The van der Waals surface area contributed by atoms with Crippen molar-refractivity contribution in [3.8, 4) is 0 Å². The third kappa shape index (κ3) is 3.49. The fourth-order valence-electron chi connectivity index (χ4n) is 1.38. The summed E-state index contributed by atoms with van der Waals surface area (Å²) < 4.78 is 0. The summed E-state index contributed by atoms with van der Waals surface area (Å²) in [5, 5.41) is 8.69. The van der Waals surface area contributed by atoms with Crippen LogP contribution in [0.2, 0.25) is 0 Å². The second-order valence-corrected chi connectivity index (χ2v) is 3.70. The molecule has 5 heteroatoms. The molecule has 1 aromatic heterocycles. The van der Waals surface area contributed by atoms with Gasteiger partial charge < -0.3 is 5.32 Å². The van der Waals surface area contributed by atoms with Crippen molar-refractivity contribution in [3.63, 3.8) is 0 Å². The largest absolute Gasteiger partial charge is 0.350 e. The third-order valence-corrected chi connectivity index (χ3v) is 2.62. The second kappa shape index (κ2) is 6.05. The van der Waals surface area contributed by atoms with Crippen LogP contribution in [0.5, 0.6) is 0 Å². The quantitative estimate of drug-likeness (QED) is 0.780. The molecule has 0 unspecified atom stereocenters. The summed E-state index contributed by atoms with van der Waals surface area (Å²) in [5.74, 6) is 0.245. The lowest BCUT2D eigenvalue weighted by Crippen LogP contribution is -2.30. The molecule has 16 heavy (non-hydrogen) atoms. The molecule has 1 heterocycles. The number of aromatic amines is 1. The predicted octanol–water partition coefficient (Wildman–Crippen LogP) is 0.936. The number of carbonyl (C=O) groups excluding carboxylic acids is 1. The Kier molecular flexibility index (Phi) is 4.69. The Hall–Kier alpha value is -1.65. The van der Waals surface area contributed by atoms with Gasteiger partial charge in [0.15, 0.2) is 0 Å². The molecule has 0 aromatic carbocycles. The Labute approximate surface area is 94.3 Å². The lowest BCUT2D eigenvalue weighted by atomic mass is 10.0. The molecule has 0 aliphatic heterocycles. The number of carbonyl (C=O) groups is 1. The molecule has 0 aliphatic carbocycles. The molecule has 0 atom stereocenters. The van der Waals surface area contributed by atoms with Gasteiger partial charge in [-0.25, -0.2) is 5.10 Å². The van der Waals surface area contributed by atoms with Gasteiger partial charge in [-0.2, -0.15) is 5.10 Å². The highest BCUT2D eigenvalue weighted by atomic mass is 16.2. The summed E-state index contributed by atoms with van der Waals surface area (Å²) in [5.41, 5.74) is -0.0675. The van der Waals surface area contributed by atoms with Crippen LogP contribution in [-0.2, 0) is 0 Å². The molecule has 0 bridgehead atoms. The molecule has 0 aliphatic rings. The molecule has 0 saturated carbocycles. The fourth-order valence-corrected chi connectivity index (χ4v) is 1.38. The number of nitrogens with one attached hydrogen (secondary N) is 2. The maximum atomic E-state index is 11.6. The number of amides is 1. The Morgan fingerprint density at radius 3 is 2.62 bits per heavy atom. The van der Waals surface area contributed by atoms with Gasteiger partial charge in [-0.1, -0.05) is 26.7 Å². The highest BCUT2D eigenvalue weighted by molar-refractivity contribution is 5.91. The summed E-state index contributed by atoms with van der Waals surface area (Å²) in [6, 6.07) is 2.71. The van der Waals surface area contributed by atoms with Gasteiger partial charge in [0.2, 0.25) is 0 Å². The van der Waals surface area contributed by atoms with Crippen molar-refractivity contribution in [2.24, 2.45) is 5.92 Å². The summed E-state index contributed by atoms with van der Waals surface area (Å²) in [7, 11) is 0. The minimum atomic E-state index is -0.309. The van der Waals surface area contributed by atoms with E-state index in [1.807, 2.05) is 0 Å². The van der Waals surface area contributed by atoms with Crippen molar-refractivity contribution in [2.75, 3.05) is 6.54 Å². The van der Waals surface area contributed by atoms with Crippen molar-refractivity contribution in [1.82, 2.24) is 15.5 Å². The monoisotopic (exact) mass is 223 g/mol. The Balaban J connectivity index is 2.52. The van der Waals surface area contributed by atoms with Crippen molar-refractivity contribution in [2.45, 2.75) is 26.7 Å². The molecule has 1 aromatic rings. The number of H-pyrrole nitrogens is 1. The average Bonchev–Trinajstić information content (AvgIpc) is 2.31. The molecular weight excluding hydrogens is 206 g/mol. The van der Waals surface area contributed by atoms with Gasteiger partial charge >= 0.3 is 0 Å². The van der Waals surface area contributed by atoms with Crippen molar-refractivity contribution in [3.05, 3.63) is 28.2 Å². The number of aromatic nitrogens is 2. The summed E-state index contributed by atoms with van der Waals surface area (Å²) >= 11 is 0. The Morgan fingerprint density at radius 2 is 2.12 bits per heavy atom. The van der Waals surface area contributed by atoms with Crippen LogP contribution in [0.15, 0.2) is 16.9 Å². The zero-order valence-corrected chi connectivity index (χ0v) is 9.62. The number of hydrogen-bond acceptors (Lipinski definition) is 3. The van der Waals surface area contributed by atoms with Crippen LogP contribution in [0.3, 0.4) is 0 Å².